The molecular weight excluding hydrogens is 480 g/mol. The number of likely N-dealkylation sites (N-methyl/N-ethyl adjacent to an activating group) is 1. The van der Waals surface area contributed by atoms with Gasteiger partial charge in [-0.05, 0) is 31.2 Å². The quantitative estimate of drug-likeness (QED) is 0.571. The van der Waals surface area contributed by atoms with E-state index < -0.39 is 48.5 Å². The highest BCUT2D eigenvalue weighted by Crippen LogP contribution is 2.39. The molecule has 2 bridgehead atoms. The fraction of sp³-hybridized carbons (Fsp3) is 0.444. The van der Waals surface area contributed by atoms with E-state index in [4.69, 9.17) is 18.9 Å². The summed E-state index contributed by atoms with van der Waals surface area (Å²) in [7, 11) is 1.68. The number of aryl methyl sites for hydroxylation is 1. The Morgan fingerprint density at radius 1 is 1.03 bits per heavy atom. The normalized spacial score (nSPS) is 28.3. The second-order valence-corrected chi connectivity index (χ2v) is 9.81. The van der Waals surface area contributed by atoms with Gasteiger partial charge in [-0.25, -0.2) is 9.69 Å². The predicted molar refractivity (Wildman–Crippen MR) is 129 cm³/mol. The van der Waals surface area contributed by atoms with Gasteiger partial charge < -0.3 is 24.1 Å². The van der Waals surface area contributed by atoms with Crippen molar-refractivity contribution < 1.29 is 38.4 Å². The minimum Gasteiger partial charge on any atom is -0.492 e. The van der Waals surface area contributed by atoms with E-state index in [0.29, 0.717) is 25.3 Å². The van der Waals surface area contributed by atoms with Gasteiger partial charge >= 0.3 is 23.8 Å². The molecule has 3 aliphatic rings. The number of esters is 3. The molecule has 5 rings (SSSR count). The Kier molecular flexibility index (Phi) is 6.65. The van der Waals surface area contributed by atoms with E-state index in [2.05, 4.69) is 18.2 Å². The first-order chi connectivity index (χ1) is 17.7. The van der Waals surface area contributed by atoms with Crippen LogP contribution in [0.4, 0.5) is 0 Å². The lowest BCUT2D eigenvalue weighted by Gasteiger charge is -2.51. The molecule has 0 saturated carbocycles. The molecule has 1 N–H and O–H groups in total. The summed E-state index contributed by atoms with van der Waals surface area (Å²) in [5, 5.41) is 10.7. The van der Waals surface area contributed by atoms with Crippen molar-refractivity contribution >= 4 is 17.9 Å². The van der Waals surface area contributed by atoms with E-state index in [1.165, 1.54) is 0 Å². The fourth-order valence-corrected chi connectivity index (χ4v) is 5.02. The maximum atomic E-state index is 12.9. The molecule has 10 nitrogen and oxygen atoms in total. The Morgan fingerprint density at radius 2 is 1.78 bits per heavy atom. The van der Waals surface area contributed by atoms with E-state index >= 15 is 0 Å². The van der Waals surface area contributed by atoms with Gasteiger partial charge in [-0.2, -0.15) is 0 Å². The Hall–Kier alpha value is -3.47. The van der Waals surface area contributed by atoms with Crippen molar-refractivity contribution in [2.75, 3.05) is 33.3 Å². The standard InChI is InChI=1S/C27H30N2O8/c1-18-8-9-21(20(14-18)15-19-6-4-3-5-7-19)34-13-12-29-11-10-28(2)24-27(29)36-23(31)17-26(33,25(32)37-27)16-22(30)35-24/h3-9,14,24,33H,10-13,15-17H2,1-2H3. The number of hydrogen-bond donors (Lipinski definition) is 1. The predicted octanol–water partition coefficient (Wildman–Crippen LogP) is 1.36. The summed E-state index contributed by atoms with van der Waals surface area (Å²) in [4.78, 5) is 41.4. The number of nitrogens with zero attached hydrogens (tertiary/aromatic N) is 2. The maximum Gasteiger partial charge on any atom is 0.374 e. The molecule has 3 aliphatic heterocycles. The van der Waals surface area contributed by atoms with Crippen molar-refractivity contribution in [3.63, 3.8) is 0 Å². The zero-order valence-electron chi connectivity index (χ0n) is 20.8. The van der Waals surface area contributed by atoms with Crippen molar-refractivity contribution in [2.45, 2.75) is 43.9 Å². The monoisotopic (exact) mass is 510 g/mol. The number of carbonyl (C=O) groups excluding carboxylic acids is 3. The lowest BCUT2D eigenvalue weighted by molar-refractivity contribution is -0.362. The molecule has 0 aromatic heterocycles. The number of piperazine rings is 1. The number of hydrogen-bond acceptors (Lipinski definition) is 10. The molecule has 0 amide bonds. The molecular formula is C27H30N2O8. The summed E-state index contributed by atoms with van der Waals surface area (Å²) < 4.78 is 23.0. The van der Waals surface area contributed by atoms with Gasteiger partial charge in [0.2, 0.25) is 6.23 Å². The maximum absolute atomic E-state index is 12.9. The van der Waals surface area contributed by atoms with Gasteiger partial charge in [0.15, 0.2) is 5.60 Å². The summed E-state index contributed by atoms with van der Waals surface area (Å²) in [6.07, 6.45) is -1.89. The average molecular weight is 511 g/mol. The lowest BCUT2D eigenvalue weighted by atomic mass is 9.95. The van der Waals surface area contributed by atoms with Gasteiger partial charge in [-0.3, -0.25) is 14.5 Å². The fourth-order valence-electron chi connectivity index (χ4n) is 5.02. The number of ether oxygens (including phenoxy) is 4. The molecule has 0 aliphatic carbocycles. The number of carbonyl (C=O) groups is 3. The highest BCUT2D eigenvalue weighted by Gasteiger charge is 2.64. The van der Waals surface area contributed by atoms with Crippen LogP contribution < -0.4 is 4.74 Å². The van der Waals surface area contributed by atoms with Gasteiger partial charge in [-0.1, -0.05) is 48.0 Å². The third-order valence-electron chi connectivity index (χ3n) is 6.94. The molecule has 3 fully saturated rings. The highest BCUT2D eigenvalue weighted by atomic mass is 16.8. The molecule has 196 valence electrons. The SMILES string of the molecule is Cc1ccc(OCCN2CCN(C)C3OC(=O)CC4(O)CC(=O)OC32OC4=O)c(Cc2ccccc2)c1. The molecule has 0 radical (unpaired) electrons. The van der Waals surface area contributed by atoms with Crippen molar-refractivity contribution in [3.05, 3.63) is 65.2 Å². The first kappa shape index (κ1) is 25.2. The van der Waals surface area contributed by atoms with E-state index in [0.717, 1.165) is 16.7 Å². The first-order valence-corrected chi connectivity index (χ1v) is 12.3. The Bertz CT molecular complexity index is 1200. The number of fused-ring (bicyclic) bond motifs is 2. The number of rotatable bonds is 6. The van der Waals surface area contributed by atoms with Crippen LogP contribution in [0.1, 0.15) is 29.5 Å². The third kappa shape index (κ3) is 4.92. The van der Waals surface area contributed by atoms with Crippen molar-refractivity contribution in [3.8, 4) is 5.75 Å². The summed E-state index contributed by atoms with van der Waals surface area (Å²) in [6.45, 7) is 3.17. The molecule has 3 unspecified atom stereocenters. The average Bonchev–Trinajstić information content (AvgIpc) is 2.90. The third-order valence-corrected chi connectivity index (χ3v) is 6.94. The van der Waals surface area contributed by atoms with Gasteiger partial charge in [0.1, 0.15) is 12.4 Å². The zero-order valence-corrected chi connectivity index (χ0v) is 20.8. The van der Waals surface area contributed by atoms with Gasteiger partial charge in [0.05, 0.1) is 12.8 Å². The number of aliphatic hydroxyl groups is 1. The lowest BCUT2D eigenvalue weighted by Crippen LogP contribution is -2.72. The second kappa shape index (κ2) is 9.77. The Morgan fingerprint density at radius 3 is 2.57 bits per heavy atom. The van der Waals surface area contributed by atoms with Crippen LogP contribution in [0.25, 0.3) is 0 Å². The zero-order chi connectivity index (χ0) is 26.2. The van der Waals surface area contributed by atoms with Crippen molar-refractivity contribution in [2.24, 2.45) is 0 Å². The van der Waals surface area contributed by atoms with E-state index in [9.17, 15) is 19.5 Å². The molecule has 37 heavy (non-hydrogen) atoms. The molecule has 2 aromatic carbocycles. The molecule has 3 atom stereocenters. The molecule has 3 heterocycles. The van der Waals surface area contributed by atoms with E-state index in [1.807, 2.05) is 37.3 Å². The van der Waals surface area contributed by atoms with Crippen LogP contribution >= 0.6 is 0 Å². The van der Waals surface area contributed by atoms with E-state index in [1.54, 1.807) is 16.8 Å². The number of benzene rings is 2. The minimum absolute atomic E-state index is 0.177. The topological polar surface area (TPSA) is 115 Å². The molecule has 1 spiro atoms. The largest absolute Gasteiger partial charge is 0.492 e. The summed E-state index contributed by atoms with van der Waals surface area (Å²) in [5.74, 6) is -4.09. The highest BCUT2D eigenvalue weighted by molar-refractivity contribution is 5.92. The van der Waals surface area contributed by atoms with Crippen molar-refractivity contribution in [1.82, 2.24) is 9.80 Å². The molecule has 3 saturated heterocycles. The smallest absolute Gasteiger partial charge is 0.374 e. The van der Waals surface area contributed by atoms with Crippen molar-refractivity contribution in [1.29, 1.82) is 0 Å². The van der Waals surface area contributed by atoms with Crippen LogP contribution in [0.3, 0.4) is 0 Å². The van der Waals surface area contributed by atoms with Crippen LogP contribution in [-0.4, -0.2) is 83.8 Å². The summed E-state index contributed by atoms with van der Waals surface area (Å²) >= 11 is 0. The molecule has 10 heteroatoms. The second-order valence-electron chi connectivity index (χ2n) is 9.81. The van der Waals surface area contributed by atoms with Crippen LogP contribution in [0.5, 0.6) is 5.75 Å². The van der Waals surface area contributed by atoms with E-state index in [-0.39, 0.29) is 13.2 Å². The van der Waals surface area contributed by atoms with Gasteiger partial charge in [0, 0.05) is 26.1 Å². The summed E-state index contributed by atoms with van der Waals surface area (Å²) in [6, 6.07) is 16.0. The van der Waals surface area contributed by atoms with Gasteiger partial charge in [-0.15, -0.1) is 0 Å². The van der Waals surface area contributed by atoms with Crippen LogP contribution in [0.15, 0.2) is 48.5 Å². The molecule has 2 aromatic rings. The minimum atomic E-state index is -2.34. The Balaban J connectivity index is 1.38. The van der Waals surface area contributed by atoms with Gasteiger partial charge in [0.25, 0.3) is 0 Å². The van der Waals surface area contributed by atoms with Crippen LogP contribution in [-0.2, 0) is 35.0 Å². The summed E-state index contributed by atoms with van der Waals surface area (Å²) in [5.41, 5.74) is 0.952. The van der Waals surface area contributed by atoms with Crippen LogP contribution in [0.2, 0.25) is 0 Å². The first-order valence-electron chi connectivity index (χ1n) is 12.3. The van der Waals surface area contributed by atoms with Crippen LogP contribution in [0, 0.1) is 6.92 Å². The Labute approximate surface area is 214 Å².